The molecule has 1 atom stereocenters. The number of rotatable bonds is 3. The van der Waals surface area contributed by atoms with Crippen LogP contribution in [0.3, 0.4) is 0 Å². The van der Waals surface area contributed by atoms with Crippen LogP contribution in [0.4, 0.5) is 0 Å². The molecule has 1 fully saturated rings. The summed E-state index contributed by atoms with van der Waals surface area (Å²) < 4.78 is 5.12. The van der Waals surface area contributed by atoms with Gasteiger partial charge in [0.15, 0.2) is 0 Å². The van der Waals surface area contributed by atoms with Crippen LogP contribution in [0.25, 0.3) is 0 Å². The number of carbonyl (C=O) groups is 1. The van der Waals surface area contributed by atoms with E-state index in [1.165, 1.54) is 12.5 Å². The molecule has 1 heterocycles. The zero-order valence-electron chi connectivity index (χ0n) is 13.5. The molecule has 1 aromatic carbocycles. The number of carbonyl (C=O) groups excluding carboxylic acids is 1. The number of nitrogens with zero attached hydrogens (tertiary/aromatic N) is 1. The number of esters is 1. The largest absolute Gasteiger partial charge is 0.427 e. The Morgan fingerprint density at radius 3 is 2.24 bits per heavy atom. The van der Waals surface area contributed by atoms with Gasteiger partial charge in [-0.25, -0.2) is 0 Å². The molecule has 21 heavy (non-hydrogen) atoms. The molecule has 2 rings (SSSR count). The molecular weight excluding hydrogens is 264 g/mol. The van der Waals surface area contributed by atoms with Crippen LogP contribution in [0.5, 0.6) is 5.75 Å². The van der Waals surface area contributed by atoms with Crippen molar-refractivity contribution in [3.05, 3.63) is 29.8 Å². The molecule has 0 aliphatic carbocycles. The van der Waals surface area contributed by atoms with Crippen molar-refractivity contribution in [3.8, 4) is 5.75 Å². The third-order valence-corrected chi connectivity index (χ3v) is 3.79. The van der Waals surface area contributed by atoms with E-state index in [0.29, 0.717) is 11.8 Å². The molecule has 0 saturated carbocycles. The molecule has 116 valence electrons. The molecule has 1 aliphatic rings. The van der Waals surface area contributed by atoms with E-state index in [1.54, 1.807) is 0 Å². The van der Waals surface area contributed by atoms with Gasteiger partial charge in [-0.05, 0) is 23.1 Å². The second-order valence-electron chi connectivity index (χ2n) is 6.72. The predicted octanol–water partition coefficient (Wildman–Crippen LogP) is 2.60. The van der Waals surface area contributed by atoms with E-state index in [0.717, 1.165) is 26.2 Å². The first-order valence-electron chi connectivity index (χ1n) is 7.61. The summed E-state index contributed by atoms with van der Waals surface area (Å²) in [6, 6.07) is 8.30. The highest BCUT2D eigenvalue weighted by Crippen LogP contribution is 2.38. The van der Waals surface area contributed by atoms with Crippen molar-refractivity contribution in [2.45, 2.75) is 33.7 Å². The topological polar surface area (TPSA) is 41.6 Å². The third-order valence-electron chi connectivity index (χ3n) is 3.79. The molecule has 0 bridgehead atoms. The van der Waals surface area contributed by atoms with Crippen LogP contribution < -0.4 is 10.1 Å². The number of benzene rings is 1. The quantitative estimate of drug-likeness (QED) is 0.686. The highest BCUT2D eigenvalue weighted by molar-refractivity contribution is 5.69. The van der Waals surface area contributed by atoms with Gasteiger partial charge in [-0.15, -0.1) is 0 Å². The predicted molar refractivity (Wildman–Crippen MR) is 84.4 cm³/mol. The van der Waals surface area contributed by atoms with Gasteiger partial charge in [-0.3, -0.25) is 9.69 Å². The van der Waals surface area contributed by atoms with Crippen LogP contribution >= 0.6 is 0 Å². The van der Waals surface area contributed by atoms with Gasteiger partial charge in [0.25, 0.3) is 0 Å². The van der Waals surface area contributed by atoms with E-state index in [9.17, 15) is 4.79 Å². The number of nitrogens with one attached hydrogen (secondary N) is 1. The van der Waals surface area contributed by atoms with Crippen molar-refractivity contribution in [1.82, 2.24) is 10.2 Å². The lowest BCUT2D eigenvalue weighted by atomic mass is 9.81. The fourth-order valence-corrected chi connectivity index (χ4v) is 3.08. The van der Waals surface area contributed by atoms with E-state index >= 15 is 0 Å². The van der Waals surface area contributed by atoms with Crippen LogP contribution in [0.15, 0.2) is 24.3 Å². The minimum Gasteiger partial charge on any atom is -0.427 e. The lowest BCUT2D eigenvalue weighted by Gasteiger charge is -2.42. The Kier molecular flexibility index (Phi) is 5.01. The second-order valence-corrected chi connectivity index (χ2v) is 6.72. The van der Waals surface area contributed by atoms with Crippen LogP contribution in [0, 0.1) is 5.41 Å². The Morgan fingerprint density at radius 1 is 1.19 bits per heavy atom. The Labute approximate surface area is 127 Å². The summed E-state index contributed by atoms with van der Waals surface area (Å²) in [4.78, 5) is 13.5. The minimum absolute atomic E-state index is 0.153. The van der Waals surface area contributed by atoms with Gasteiger partial charge < -0.3 is 10.1 Å². The van der Waals surface area contributed by atoms with Crippen molar-refractivity contribution in [2.75, 3.05) is 26.2 Å². The van der Waals surface area contributed by atoms with Crippen molar-refractivity contribution >= 4 is 5.97 Å². The van der Waals surface area contributed by atoms with E-state index in [-0.39, 0.29) is 11.4 Å². The standard InChI is InChI=1S/C17H26N2O2/c1-13(20)21-15-7-5-14(6-8-15)16(17(2,3)4)19-11-9-18-10-12-19/h5-8,16,18H,9-12H2,1-4H3/t16-/m0/s1. The molecule has 0 amide bonds. The molecule has 0 aromatic heterocycles. The van der Waals surface area contributed by atoms with E-state index in [4.69, 9.17) is 4.74 Å². The van der Waals surface area contributed by atoms with Crippen molar-refractivity contribution in [3.63, 3.8) is 0 Å². The fraction of sp³-hybridized carbons (Fsp3) is 0.588. The first kappa shape index (κ1) is 16.0. The Morgan fingerprint density at radius 2 is 1.76 bits per heavy atom. The normalized spacial score (nSPS) is 18.3. The van der Waals surface area contributed by atoms with Gasteiger partial charge in [-0.1, -0.05) is 32.9 Å². The molecule has 4 nitrogen and oxygen atoms in total. The molecule has 0 unspecified atom stereocenters. The summed E-state index contributed by atoms with van der Waals surface area (Å²) in [5.41, 5.74) is 1.43. The van der Waals surface area contributed by atoms with Gasteiger partial charge in [0.2, 0.25) is 0 Å². The molecule has 4 heteroatoms. The van der Waals surface area contributed by atoms with Crippen LogP contribution in [-0.2, 0) is 4.79 Å². The van der Waals surface area contributed by atoms with Crippen molar-refractivity contribution in [1.29, 1.82) is 0 Å². The number of hydrogen-bond donors (Lipinski definition) is 1. The summed E-state index contributed by atoms with van der Waals surface area (Å²) >= 11 is 0. The lowest BCUT2D eigenvalue weighted by molar-refractivity contribution is -0.131. The van der Waals surface area contributed by atoms with Crippen LogP contribution in [0.1, 0.15) is 39.3 Å². The Hall–Kier alpha value is -1.39. The number of ether oxygens (including phenoxy) is 1. The summed E-state index contributed by atoms with van der Waals surface area (Å²) in [6.45, 7) is 12.5. The van der Waals surface area contributed by atoms with Crippen molar-refractivity contribution in [2.24, 2.45) is 5.41 Å². The summed E-state index contributed by atoms with van der Waals surface area (Å²) in [5, 5.41) is 3.40. The minimum atomic E-state index is -0.280. The first-order chi connectivity index (χ1) is 9.88. The second kappa shape index (κ2) is 6.58. The van der Waals surface area contributed by atoms with Crippen LogP contribution in [0.2, 0.25) is 0 Å². The zero-order chi connectivity index (χ0) is 15.5. The van der Waals surface area contributed by atoms with Gasteiger partial charge in [0.05, 0.1) is 0 Å². The molecule has 1 aromatic rings. The lowest BCUT2D eigenvalue weighted by Crippen LogP contribution is -2.48. The van der Waals surface area contributed by atoms with E-state index in [1.807, 2.05) is 12.1 Å². The maximum Gasteiger partial charge on any atom is 0.308 e. The fourth-order valence-electron chi connectivity index (χ4n) is 3.08. The maximum absolute atomic E-state index is 11.0. The first-order valence-corrected chi connectivity index (χ1v) is 7.61. The molecule has 1 N–H and O–H groups in total. The highest BCUT2D eigenvalue weighted by Gasteiger charge is 2.32. The van der Waals surface area contributed by atoms with Crippen LogP contribution in [-0.4, -0.2) is 37.0 Å². The number of hydrogen-bond acceptors (Lipinski definition) is 4. The monoisotopic (exact) mass is 290 g/mol. The van der Waals surface area contributed by atoms with E-state index < -0.39 is 0 Å². The average molecular weight is 290 g/mol. The number of piperazine rings is 1. The molecule has 0 radical (unpaired) electrons. The van der Waals surface area contributed by atoms with Crippen molar-refractivity contribution < 1.29 is 9.53 Å². The van der Waals surface area contributed by atoms with Gasteiger partial charge in [0.1, 0.15) is 5.75 Å². The third kappa shape index (κ3) is 4.29. The average Bonchev–Trinajstić information content (AvgIpc) is 2.40. The molecule has 1 aliphatic heterocycles. The molecule has 0 spiro atoms. The zero-order valence-corrected chi connectivity index (χ0v) is 13.5. The van der Waals surface area contributed by atoms with Gasteiger partial charge in [0, 0.05) is 39.1 Å². The summed E-state index contributed by atoms with van der Waals surface area (Å²) in [5.74, 6) is 0.330. The smallest absolute Gasteiger partial charge is 0.308 e. The highest BCUT2D eigenvalue weighted by atomic mass is 16.5. The summed E-state index contributed by atoms with van der Waals surface area (Å²) in [6.07, 6.45) is 0. The molecular formula is C17H26N2O2. The Bertz CT molecular complexity index is 471. The Balaban J connectivity index is 2.22. The van der Waals surface area contributed by atoms with Gasteiger partial charge >= 0.3 is 5.97 Å². The summed E-state index contributed by atoms with van der Waals surface area (Å²) in [7, 11) is 0. The van der Waals surface area contributed by atoms with E-state index in [2.05, 4.69) is 43.1 Å². The maximum atomic E-state index is 11.0. The van der Waals surface area contributed by atoms with Gasteiger partial charge in [-0.2, -0.15) is 0 Å². The molecule has 1 saturated heterocycles. The SMILES string of the molecule is CC(=O)Oc1ccc([C@H](N2CCNCC2)C(C)(C)C)cc1.